The molecule has 0 aliphatic rings. The van der Waals surface area contributed by atoms with Gasteiger partial charge in [-0.15, -0.1) is 0 Å². The zero-order valence-electron chi connectivity index (χ0n) is 10.3. The summed E-state index contributed by atoms with van der Waals surface area (Å²) >= 11 is 0. The number of carbonyl (C=O) groups excluding carboxylic acids is 2. The van der Waals surface area contributed by atoms with Crippen molar-refractivity contribution in [1.29, 1.82) is 0 Å². The van der Waals surface area contributed by atoms with E-state index in [4.69, 9.17) is 9.47 Å². The van der Waals surface area contributed by atoms with Gasteiger partial charge in [0.15, 0.2) is 0 Å². The number of carbonyl (C=O) groups is 2. The van der Waals surface area contributed by atoms with Crippen LogP contribution < -0.4 is 4.74 Å². The van der Waals surface area contributed by atoms with Crippen LogP contribution in [0.5, 0.6) is 5.75 Å². The van der Waals surface area contributed by atoms with Gasteiger partial charge in [-0.3, -0.25) is 4.79 Å². The fourth-order valence-corrected chi connectivity index (χ4v) is 1.60. The van der Waals surface area contributed by atoms with Crippen LogP contribution in [0.15, 0.2) is 18.2 Å². The molecular formula is C13H16O4. The van der Waals surface area contributed by atoms with Gasteiger partial charge in [-0.1, -0.05) is 12.1 Å². The van der Waals surface area contributed by atoms with E-state index < -0.39 is 5.97 Å². The summed E-state index contributed by atoms with van der Waals surface area (Å²) in [6.45, 7) is 3.50. The molecule has 0 N–H and O–H groups in total. The van der Waals surface area contributed by atoms with E-state index >= 15 is 0 Å². The van der Waals surface area contributed by atoms with Crippen LogP contribution in [0, 0.1) is 0 Å². The second kappa shape index (κ2) is 6.03. The second-order valence-electron chi connectivity index (χ2n) is 3.59. The van der Waals surface area contributed by atoms with E-state index in [-0.39, 0.29) is 18.8 Å². The quantitative estimate of drug-likeness (QED) is 0.734. The third-order valence-corrected chi connectivity index (χ3v) is 2.25. The standard InChI is InChI=1S/C13H16O4/c1-4-17-13(15)12-10(8-9(2)14)6-5-7-11(12)16-3/h5-7H,4,8H2,1-3H3. The first-order valence-electron chi connectivity index (χ1n) is 5.42. The smallest absolute Gasteiger partial charge is 0.342 e. The van der Waals surface area contributed by atoms with Gasteiger partial charge in [-0.25, -0.2) is 4.79 Å². The Morgan fingerprint density at radius 2 is 2.00 bits per heavy atom. The van der Waals surface area contributed by atoms with Crippen molar-refractivity contribution in [1.82, 2.24) is 0 Å². The molecule has 0 spiro atoms. The minimum atomic E-state index is -0.457. The van der Waals surface area contributed by atoms with Gasteiger partial charge in [0.05, 0.1) is 13.7 Å². The van der Waals surface area contributed by atoms with Gasteiger partial charge < -0.3 is 9.47 Å². The average molecular weight is 236 g/mol. The van der Waals surface area contributed by atoms with E-state index in [0.29, 0.717) is 16.9 Å². The molecule has 1 rings (SSSR count). The summed E-state index contributed by atoms with van der Waals surface area (Å²) in [5, 5.41) is 0. The third kappa shape index (κ3) is 3.31. The van der Waals surface area contributed by atoms with Gasteiger partial charge in [0, 0.05) is 6.42 Å². The number of hydrogen-bond donors (Lipinski definition) is 0. The number of hydrogen-bond acceptors (Lipinski definition) is 4. The highest BCUT2D eigenvalue weighted by molar-refractivity contribution is 5.95. The van der Waals surface area contributed by atoms with Crippen molar-refractivity contribution >= 4 is 11.8 Å². The number of Topliss-reactive ketones (excluding diaryl/α,β-unsaturated/α-hetero) is 1. The summed E-state index contributed by atoms with van der Waals surface area (Å²) in [4.78, 5) is 23.0. The van der Waals surface area contributed by atoms with Gasteiger partial charge in [0.25, 0.3) is 0 Å². The first-order chi connectivity index (χ1) is 8.10. The monoisotopic (exact) mass is 236 g/mol. The Labute approximate surface area is 101 Å². The molecule has 0 saturated carbocycles. The topological polar surface area (TPSA) is 52.6 Å². The lowest BCUT2D eigenvalue weighted by Crippen LogP contribution is -2.12. The molecule has 0 unspecified atom stereocenters. The Bertz CT molecular complexity index is 423. The highest BCUT2D eigenvalue weighted by Gasteiger charge is 2.18. The largest absolute Gasteiger partial charge is 0.496 e. The fraction of sp³-hybridized carbons (Fsp3) is 0.385. The first kappa shape index (κ1) is 13.2. The maximum Gasteiger partial charge on any atom is 0.342 e. The molecular weight excluding hydrogens is 220 g/mol. The molecule has 0 saturated heterocycles. The number of methoxy groups -OCH3 is 1. The molecule has 0 radical (unpaired) electrons. The van der Waals surface area contributed by atoms with Crippen LogP contribution in [0.3, 0.4) is 0 Å². The van der Waals surface area contributed by atoms with Crippen LogP contribution in [0.25, 0.3) is 0 Å². The summed E-state index contributed by atoms with van der Waals surface area (Å²) < 4.78 is 10.1. The zero-order chi connectivity index (χ0) is 12.8. The molecule has 0 aliphatic heterocycles. The van der Waals surface area contributed by atoms with Gasteiger partial charge in [-0.05, 0) is 25.5 Å². The Hall–Kier alpha value is -1.84. The maximum absolute atomic E-state index is 11.8. The van der Waals surface area contributed by atoms with Gasteiger partial charge in [0.1, 0.15) is 17.1 Å². The van der Waals surface area contributed by atoms with Crippen LogP contribution >= 0.6 is 0 Å². The van der Waals surface area contributed by atoms with Crippen LogP contribution in [0.4, 0.5) is 0 Å². The molecule has 0 aromatic heterocycles. The molecule has 0 aliphatic carbocycles. The fourth-order valence-electron chi connectivity index (χ4n) is 1.60. The van der Waals surface area contributed by atoms with Gasteiger partial charge >= 0.3 is 5.97 Å². The van der Waals surface area contributed by atoms with E-state index in [9.17, 15) is 9.59 Å². The van der Waals surface area contributed by atoms with Crippen molar-refractivity contribution < 1.29 is 19.1 Å². The van der Waals surface area contributed by atoms with Crippen LogP contribution in [0.2, 0.25) is 0 Å². The van der Waals surface area contributed by atoms with E-state index in [1.165, 1.54) is 14.0 Å². The van der Waals surface area contributed by atoms with Crippen LogP contribution in [0.1, 0.15) is 29.8 Å². The summed E-state index contributed by atoms with van der Waals surface area (Å²) in [6.07, 6.45) is 0.200. The predicted octanol–water partition coefficient (Wildman–Crippen LogP) is 2.00. The Kier molecular flexibility index (Phi) is 4.69. The summed E-state index contributed by atoms with van der Waals surface area (Å²) in [5.74, 6) is -0.0350. The van der Waals surface area contributed by atoms with Crippen molar-refractivity contribution in [3.63, 3.8) is 0 Å². The van der Waals surface area contributed by atoms with Crippen LogP contribution in [-0.2, 0) is 16.0 Å². The molecule has 0 heterocycles. The first-order valence-corrected chi connectivity index (χ1v) is 5.42. The van der Waals surface area contributed by atoms with Crippen molar-refractivity contribution in [3.8, 4) is 5.75 Å². The van der Waals surface area contributed by atoms with Crippen LogP contribution in [-0.4, -0.2) is 25.5 Å². The highest BCUT2D eigenvalue weighted by Crippen LogP contribution is 2.23. The lowest BCUT2D eigenvalue weighted by molar-refractivity contribution is -0.116. The molecule has 1 aromatic carbocycles. The molecule has 4 heteroatoms. The third-order valence-electron chi connectivity index (χ3n) is 2.25. The van der Waals surface area contributed by atoms with Gasteiger partial charge in [0.2, 0.25) is 0 Å². The molecule has 0 atom stereocenters. The van der Waals surface area contributed by atoms with Crippen molar-refractivity contribution in [2.24, 2.45) is 0 Å². The molecule has 92 valence electrons. The normalized spacial score (nSPS) is 9.82. The van der Waals surface area contributed by atoms with Crippen molar-refractivity contribution in [3.05, 3.63) is 29.3 Å². The average Bonchev–Trinajstić information content (AvgIpc) is 2.28. The van der Waals surface area contributed by atoms with E-state index in [1.54, 1.807) is 25.1 Å². The minimum Gasteiger partial charge on any atom is -0.496 e. The second-order valence-corrected chi connectivity index (χ2v) is 3.59. The van der Waals surface area contributed by atoms with Crippen molar-refractivity contribution in [2.75, 3.05) is 13.7 Å². The summed E-state index contributed by atoms with van der Waals surface area (Å²) in [6, 6.07) is 5.16. The number of ketones is 1. The Morgan fingerprint density at radius 3 is 2.53 bits per heavy atom. The molecule has 4 nitrogen and oxygen atoms in total. The molecule has 0 bridgehead atoms. The highest BCUT2D eigenvalue weighted by atomic mass is 16.5. The Balaban J connectivity index is 3.19. The van der Waals surface area contributed by atoms with E-state index in [1.807, 2.05) is 0 Å². The number of ether oxygens (including phenoxy) is 2. The lowest BCUT2D eigenvalue weighted by atomic mass is 10.0. The van der Waals surface area contributed by atoms with Gasteiger partial charge in [-0.2, -0.15) is 0 Å². The summed E-state index contributed by atoms with van der Waals surface area (Å²) in [7, 11) is 1.48. The van der Waals surface area contributed by atoms with Crippen molar-refractivity contribution in [2.45, 2.75) is 20.3 Å². The number of rotatable bonds is 5. The predicted molar refractivity (Wildman–Crippen MR) is 63.3 cm³/mol. The lowest BCUT2D eigenvalue weighted by Gasteiger charge is -2.11. The Morgan fingerprint density at radius 1 is 1.29 bits per heavy atom. The maximum atomic E-state index is 11.8. The zero-order valence-corrected chi connectivity index (χ0v) is 10.3. The molecule has 17 heavy (non-hydrogen) atoms. The summed E-state index contributed by atoms with van der Waals surface area (Å²) in [5.41, 5.74) is 0.974. The number of benzene rings is 1. The van der Waals surface area contributed by atoms with E-state index in [2.05, 4.69) is 0 Å². The molecule has 0 fully saturated rings. The SMILES string of the molecule is CCOC(=O)c1c(CC(C)=O)cccc1OC. The minimum absolute atomic E-state index is 0.0104. The number of esters is 1. The molecule has 0 amide bonds. The van der Waals surface area contributed by atoms with E-state index in [0.717, 1.165) is 0 Å². The molecule has 1 aromatic rings.